The zero-order valence-corrected chi connectivity index (χ0v) is 11.7. The van der Waals surface area contributed by atoms with E-state index in [1.54, 1.807) is 0 Å². The molecule has 9 heteroatoms. The van der Waals surface area contributed by atoms with Gasteiger partial charge in [-0.1, -0.05) is 5.76 Å². The van der Waals surface area contributed by atoms with Crippen LogP contribution < -0.4 is 24.0 Å². The van der Waals surface area contributed by atoms with Crippen molar-refractivity contribution in [2.24, 2.45) is 0 Å². The summed E-state index contributed by atoms with van der Waals surface area (Å²) in [5.41, 5.74) is -2.07. The molecule has 4 nitrogen and oxygen atoms in total. The average Bonchev–Trinajstić information content (AvgIpc) is 2.37. The second-order valence-electron chi connectivity index (χ2n) is 3.82. The molecule has 0 aliphatic carbocycles. The summed E-state index contributed by atoms with van der Waals surface area (Å²) in [5.74, 6) is -5.17. The van der Waals surface area contributed by atoms with Crippen molar-refractivity contribution < 1.29 is 55.9 Å². The second kappa shape index (κ2) is 8.01. The summed E-state index contributed by atoms with van der Waals surface area (Å²) in [6.45, 7) is 1.32. The Balaban J connectivity index is 0.00000441. The normalized spacial score (nSPS) is 11.6. The number of benzene rings is 1. The molecule has 22 heavy (non-hydrogen) atoms. The van der Waals surface area contributed by atoms with Gasteiger partial charge in [-0.3, -0.25) is 4.79 Å². The minimum absolute atomic E-state index is 0. The summed E-state index contributed by atoms with van der Waals surface area (Å²) >= 11 is 0. The van der Waals surface area contributed by atoms with Gasteiger partial charge in [-0.25, -0.2) is 9.18 Å². The van der Waals surface area contributed by atoms with E-state index in [-0.39, 0.29) is 37.6 Å². The fraction of sp³-hybridized carbons (Fsp3) is 0.231. The van der Waals surface area contributed by atoms with Gasteiger partial charge in [0.15, 0.2) is 0 Å². The zero-order valence-electron chi connectivity index (χ0n) is 11.7. The van der Waals surface area contributed by atoms with E-state index in [4.69, 9.17) is 0 Å². The third-order valence-corrected chi connectivity index (χ3v) is 2.25. The molecule has 0 atom stereocenters. The van der Waals surface area contributed by atoms with Crippen LogP contribution in [0.15, 0.2) is 24.3 Å². The number of rotatable bonds is 4. The summed E-state index contributed by atoms with van der Waals surface area (Å²) in [6.07, 6.45) is -4.59. The van der Waals surface area contributed by atoms with Crippen LogP contribution in [0.1, 0.15) is 18.1 Å². The average molecular weight is 312 g/mol. The number of ketones is 1. The number of hydrogen-bond acceptors (Lipinski definition) is 4. The molecule has 1 aromatic carbocycles. The van der Waals surface area contributed by atoms with Gasteiger partial charge < -0.3 is 9.84 Å². The van der Waals surface area contributed by atoms with Gasteiger partial charge in [0.2, 0.25) is 0 Å². The first-order valence-corrected chi connectivity index (χ1v) is 5.63. The summed E-state index contributed by atoms with van der Waals surface area (Å²) in [4.78, 5) is 22.2. The molecule has 114 valence electrons. The van der Waals surface area contributed by atoms with Crippen molar-refractivity contribution in [3.8, 4) is 0 Å². The number of hydrogen-bond donors (Lipinski definition) is 0. The Morgan fingerprint density at radius 2 is 1.86 bits per heavy atom. The van der Waals surface area contributed by atoms with E-state index in [1.165, 1.54) is 6.92 Å². The maximum Gasteiger partial charge on any atom is 1.00 e. The molecule has 1 rings (SSSR count). The van der Waals surface area contributed by atoms with E-state index in [0.717, 1.165) is 0 Å². The van der Waals surface area contributed by atoms with E-state index in [2.05, 4.69) is 4.74 Å². The molecule has 1 aromatic rings. The fourth-order valence-electron chi connectivity index (χ4n) is 1.36. The fourth-order valence-corrected chi connectivity index (χ4v) is 1.36. The SMILES string of the molecule is CCOC(=O)C(=O)C=C([O-])c1cc(F)cc(C(F)(F)F)c1.[Li+]. The van der Waals surface area contributed by atoms with Gasteiger partial charge in [0.25, 0.3) is 5.78 Å². The van der Waals surface area contributed by atoms with Crippen LogP contribution in [0.4, 0.5) is 17.6 Å². The predicted octanol–water partition coefficient (Wildman–Crippen LogP) is -1.32. The van der Waals surface area contributed by atoms with Crippen molar-refractivity contribution >= 4 is 17.5 Å². The minimum atomic E-state index is -4.84. The second-order valence-corrected chi connectivity index (χ2v) is 3.82. The monoisotopic (exact) mass is 312 g/mol. The Morgan fingerprint density at radius 3 is 2.36 bits per heavy atom. The standard InChI is InChI=1S/C13H10F4O4.Li/c1-2-21-12(20)11(19)6-10(18)7-3-8(13(15,16)17)5-9(14)4-7;/h3-6,18H,2H2,1H3;/q;+1/p-1. The number of esters is 1. The zero-order chi connectivity index (χ0) is 16.2. The third-order valence-electron chi connectivity index (χ3n) is 2.25. The van der Waals surface area contributed by atoms with Crippen molar-refractivity contribution in [3.63, 3.8) is 0 Å². The molecule has 0 fully saturated rings. The van der Waals surface area contributed by atoms with Crippen molar-refractivity contribution in [3.05, 3.63) is 41.2 Å². The molecule has 0 N–H and O–H groups in total. The van der Waals surface area contributed by atoms with E-state index in [9.17, 15) is 32.3 Å². The number of alkyl halides is 3. The molecule has 0 amide bonds. The van der Waals surface area contributed by atoms with E-state index >= 15 is 0 Å². The van der Waals surface area contributed by atoms with Crippen LogP contribution in [0.2, 0.25) is 0 Å². The largest absolute Gasteiger partial charge is 1.00 e. The summed E-state index contributed by atoms with van der Waals surface area (Å²) in [5, 5.41) is 11.6. The Kier molecular flexibility index (Phi) is 7.36. The topological polar surface area (TPSA) is 66.4 Å². The maximum atomic E-state index is 13.1. The molecule has 0 saturated carbocycles. The Morgan fingerprint density at radius 1 is 1.27 bits per heavy atom. The Hall–Kier alpha value is -1.78. The van der Waals surface area contributed by atoms with Crippen LogP contribution in [0.25, 0.3) is 5.76 Å². The van der Waals surface area contributed by atoms with Crippen LogP contribution in [0.3, 0.4) is 0 Å². The van der Waals surface area contributed by atoms with Gasteiger partial charge in [0.1, 0.15) is 5.82 Å². The van der Waals surface area contributed by atoms with Gasteiger partial charge in [-0.05, 0) is 36.8 Å². The summed E-state index contributed by atoms with van der Waals surface area (Å²) < 4.78 is 54.8. The Labute approximate surface area is 134 Å². The van der Waals surface area contributed by atoms with Crippen LogP contribution in [-0.2, 0) is 20.5 Å². The van der Waals surface area contributed by atoms with Gasteiger partial charge in [-0.2, -0.15) is 13.2 Å². The number of carbonyl (C=O) groups excluding carboxylic acids is 2. The summed E-state index contributed by atoms with van der Waals surface area (Å²) in [7, 11) is 0. The number of ether oxygens (including phenoxy) is 1. The van der Waals surface area contributed by atoms with Crippen LogP contribution in [0.5, 0.6) is 0 Å². The van der Waals surface area contributed by atoms with Crippen LogP contribution in [0, 0.1) is 5.82 Å². The van der Waals surface area contributed by atoms with Gasteiger partial charge in [-0.15, -0.1) is 0 Å². The van der Waals surface area contributed by atoms with Crippen molar-refractivity contribution in [1.82, 2.24) is 0 Å². The number of carbonyl (C=O) groups is 2. The first kappa shape index (κ1) is 20.2. The molecular weight excluding hydrogens is 303 g/mol. The first-order valence-electron chi connectivity index (χ1n) is 5.63. The predicted molar refractivity (Wildman–Crippen MR) is 61.0 cm³/mol. The molecule has 0 bridgehead atoms. The maximum absolute atomic E-state index is 13.1. The van der Waals surface area contributed by atoms with Crippen LogP contribution in [-0.4, -0.2) is 18.4 Å². The Bertz CT molecular complexity index is 596. The first-order chi connectivity index (χ1) is 9.65. The number of halogens is 4. The van der Waals surface area contributed by atoms with Crippen molar-refractivity contribution in [2.45, 2.75) is 13.1 Å². The molecular formula is C13H9F4LiO4. The van der Waals surface area contributed by atoms with E-state index in [1.807, 2.05) is 0 Å². The van der Waals surface area contributed by atoms with Gasteiger partial charge in [0, 0.05) is 0 Å². The van der Waals surface area contributed by atoms with Crippen molar-refractivity contribution in [2.75, 3.05) is 6.61 Å². The molecule has 0 aliphatic heterocycles. The molecule has 0 aliphatic rings. The minimum Gasteiger partial charge on any atom is -0.872 e. The quantitative estimate of drug-likeness (QED) is 0.173. The van der Waals surface area contributed by atoms with Crippen molar-refractivity contribution in [1.29, 1.82) is 0 Å². The van der Waals surface area contributed by atoms with E-state index < -0.39 is 40.6 Å². The smallest absolute Gasteiger partial charge is 0.872 e. The van der Waals surface area contributed by atoms with Gasteiger partial charge in [0.05, 0.1) is 12.2 Å². The summed E-state index contributed by atoms with van der Waals surface area (Å²) in [6, 6.07) is 1.14. The van der Waals surface area contributed by atoms with Crippen LogP contribution >= 0.6 is 0 Å². The molecule has 0 heterocycles. The molecule has 0 spiro atoms. The molecule has 0 saturated heterocycles. The van der Waals surface area contributed by atoms with Gasteiger partial charge >= 0.3 is 31.0 Å². The molecule has 0 radical (unpaired) electrons. The third kappa shape index (κ3) is 5.54. The molecule has 0 unspecified atom stereocenters. The van der Waals surface area contributed by atoms with E-state index in [0.29, 0.717) is 12.1 Å². The molecule has 0 aromatic heterocycles.